The number of methoxy groups -OCH3 is 1. The number of ether oxygens (including phenoxy) is 2. The summed E-state index contributed by atoms with van der Waals surface area (Å²) in [6, 6.07) is 13.0. The summed E-state index contributed by atoms with van der Waals surface area (Å²) in [7, 11) is -2.11. The van der Waals surface area contributed by atoms with Crippen LogP contribution in [0.25, 0.3) is 0 Å². The molecule has 0 radical (unpaired) electrons. The van der Waals surface area contributed by atoms with Gasteiger partial charge in [0.25, 0.3) is 5.91 Å². The lowest BCUT2D eigenvalue weighted by Crippen LogP contribution is -2.51. The molecule has 1 aliphatic rings. The number of carbonyl (C=O) groups is 2. The van der Waals surface area contributed by atoms with Crippen LogP contribution in [0.1, 0.15) is 5.56 Å². The van der Waals surface area contributed by atoms with Crippen molar-refractivity contribution in [2.45, 2.75) is 11.3 Å². The molecular weight excluding hydrogens is 422 g/mol. The van der Waals surface area contributed by atoms with Gasteiger partial charge < -0.3 is 20.1 Å². The molecule has 2 aromatic carbocycles. The quantitative estimate of drug-likeness (QED) is 0.634. The Morgan fingerprint density at radius 2 is 1.52 bits per heavy atom. The van der Waals surface area contributed by atoms with Crippen LogP contribution in [0, 0.1) is 0 Å². The van der Waals surface area contributed by atoms with Gasteiger partial charge in [-0.05, 0) is 42.0 Å². The SMILES string of the molecule is COc1ccc(S(=O)(=O)N2CCN(C(=O)COc3ccc(CC(N)=O)cc3)CC2)cc1. The molecule has 0 unspecified atom stereocenters. The molecule has 1 aliphatic heterocycles. The molecule has 0 bridgehead atoms. The van der Waals surface area contributed by atoms with E-state index in [2.05, 4.69) is 0 Å². The van der Waals surface area contributed by atoms with Gasteiger partial charge in [-0.1, -0.05) is 12.1 Å². The van der Waals surface area contributed by atoms with Gasteiger partial charge in [0.15, 0.2) is 6.61 Å². The number of sulfonamides is 1. The molecular formula is C21H25N3O6S. The fraction of sp³-hybridized carbons (Fsp3) is 0.333. The van der Waals surface area contributed by atoms with E-state index in [1.54, 1.807) is 41.3 Å². The first kappa shape index (κ1) is 22.6. The third kappa shape index (κ3) is 5.74. The number of primary amides is 1. The summed E-state index contributed by atoms with van der Waals surface area (Å²) < 4.78 is 37.5. The van der Waals surface area contributed by atoms with E-state index in [9.17, 15) is 18.0 Å². The van der Waals surface area contributed by atoms with E-state index in [0.717, 1.165) is 5.56 Å². The minimum Gasteiger partial charge on any atom is -0.497 e. The topological polar surface area (TPSA) is 119 Å². The van der Waals surface area contributed by atoms with Gasteiger partial charge in [-0.15, -0.1) is 0 Å². The van der Waals surface area contributed by atoms with Crippen molar-refractivity contribution < 1.29 is 27.5 Å². The van der Waals surface area contributed by atoms with Crippen molar-refractivity contribution >= 4 is 21.8 Å². The Morgan fingerprint density at radius 3 is 2.06 bits per heavy atom. The molecule has 31 heavy (non-hydrogen) atoms. The van der Waals surface area contributed by atoms with E-state index in [4.69, 9.17) is 15.2 Å². The molecule has 3 rings (SSSR count). The van der Waals surface area contributed by atoms with Crippen molar-refractivity contribution in [2.75, 3.05) is 39.9 Å². The number of hydrogen-bond donors (Lipinski definition) is 1. The van der Waals surface area contributed by atoms with Crippen molar-refractivity contribution in [3.05, 3.63) is 54.1 Å². The maximum Gasteiger partial charge on any atom is 0.260 e. The Bertz CT molecular complexity index is 1010. The van der Waals surface area contributed by atoms with Crippen LogP contribution in [0.4, 0.5) is 0 Å². The molecule has 9 nitrogen and oxygen atoms in total. The number of nitrogens with zero attached hydrogens (tertiary/aromatic N) is 2. The van der Waals surface area contributed by atoms with Gasteiger partial charge in [0.2, 0.25) is 15.9 Å². The molecule has 0 saturated carbocycles. The summed E-state index contributed by atoms with van der Waals surface area (Å²) in [5.41, 5.74) is 5.92. The van der Waals surface area contributed by atoms with E-state index >= 15 is 0 Å². The number of carbonyl (C=O) groups excluding carboxylic acids is 2. The maximum atomic E-state index is 12.8. The highest BCUT2D eigenvalue weighted by molar-refractivity contribution is 7.89. The van der Waals surface area contributed by atoms with Crippen LogP contribution in [0.5, 0.6) is 11.5 Å². The fourth-order valence-electron chi connectivity index (χ4n) is 3.22. The van der Waals surface area contributed by atoms with Crippen LogP contribution in [0.2, 0.25) is 0 Å². The van der Waals surface area contributed by atoms with Gasteiger partial charge in [-0.25, -0.2) is 8.42 Å². The lowest BCUT2D eigenvalue weighted by molar-refractivity contribution is -0.134. The first-order valence-electron chi connectivity index (χ1n) is 9.71. The predicted molar refractivity (Wildman–Crippen MR) is 113 cm³/mol. The van der Waals surface area contributed by atoms with Crippen LogP contribution in [0.3, 0.4) is 0 Å². The molecule has 2 amide bonds. The molecule has 1 heterocycles. The third-order valence-electron chi connectivity index (χ3n) is 4.95. The second-order valence-corrected chi connectivity index (χ2v) is 8.97. The Balaban J connectivity index is 1.50. The fourth-order valence-corrected chi connectivity index (χ4v) is 4.64. The molecule has 2 aromatic rings. The van der Waals surface area contributed by atoms with Crippen LogP contribution >= 0.6 is 0 Å². The first-order chi connectivity index (χ1) is 14.8. The van der Waals surface area contributed by atoms with Crippen LogP contribution in [-0.4, -0.2) is 69.3 Å². The molecule has 0 atom stereocenters. The molecule has 10 heteroatoms. The smallest absolute Gasteiger partial charge is 0.260 e. The average molecular weight is 448 g/mol. The molecule has 0 aromatic heterocycles. The minimum atomic E-state index is -3.63. The Morgan fingerprint density at radius 1 is 0.935 bits per heavy atom. The summed E-state index contributed by atoms with van der Waals surface area (Å²) in [6.07, 6.45) is 0.142. The Labute approximate surface area is 181 Å². The number of amides is 2. The number of nitrogens with two attached hydrogens (primary N) is 1. The molecule has 1 saturated heterocycles. The molecule has 1 fully saturated rings. The highest BCUT2D eigenvalue weighted by Gasteiger charge is 2.30. The molecule has 0 aliphatic carbocycles. The van der Waals surface area contributed by atoms with Crippen LogP contribution in [0.15, 0.2) is 53.4 Å². The van der Waals surface area contributed by atoms with Crippen molar-refractivity contribution in [3.63, 3.8) is 0 Å². The Kier molecular flexibility index (Phi) is 7.13. The maximum absolute atomic E-state index is 12.8. The zero-order valence-corrected chi connectivity index (χ0v) is 18.0. The first-order valence-corrected chi connectivity index (χ1v) is 11.2. The van der Waals surface area contributed by atoms with Gasteiger partial charge in [0.1, 0.15) is 11.5 Å². The number of piperazine rings is 1. The third-order valence-corrected chi connectivity index (χ3v) is 6.87. The van der Waals surface area contributed by atoms with Crippen LogP contribution < -0.4 is 15.2 Å². The second-order valence-electron chi connectivity index (χ2n) is 7.04. The lowest BCUT2D eigenvalue weighted by atomic mass is 10.1. The van der Waals surface area contributed by atoms with Gasteiger partial charge in [-0.3, -0.25) is 9.59 Å². The average Bonchev–Trinajstić information content (AvgIpc) is 2.78. The van der Waals surface area contributed by atoms with Crippen molar-refractivity contribution in [1.29, 1.82) is 0 Å². The van der Waals surface area contributed by atoms with E-state index in [0.29, 0.717) is 11.5 Å². The summed E-state index contributed by atoms with van der Waals surface area (Å²) in [5, 5.41) is 0. The van der Waals surface area contributed by atoms with Crippen molar-refractivity contribution in [2.24, 2.45) is 5.73 Å². The second kappa shape index (κ2) is 9.80. The number of benzene rings is 2. The van der Waals surface area contributed by atoms with Gasteiger partial charge >= 0.3 is 0 Å². The largest absolute Gasteiger partial charge is 0.497 e. The molecule has 2 N–H and O–H groups in total. The van der Waals surface area contributed by atoms with Gasteiger partial charge in [0, 0.05) is 26.2 Å². The summed E-state index contributed by atoms with van der Waals surface area (Å²) >= 11 is 0. The van der Waals surface area contributed by atoms with E-state index < -0.39 is 15.9 Å². The number of hydrogen-bond acceptors (Lipinski definition) is 6. The highest BCUT2D eigenvalue weighted by atomic mass is 32.2. The lowest BCUT2D eigenvalue weighted by Gasteiger charge is -2.34. The zero-order chi connectivity index (χ0) is 22.4. The van der Waals surface area contributed by atoms with Crippen molar-refractivity contribution in [3.8, 4) is 11.5 Å². The molecule has 0 spiro atoms. The molecule has 166 valence electrons. The monoisotopic (exact) mass is 447 g/mol. The highest BCUT2D eigenvalue weighted by Crippen LogP contribution is 2.21. The van der Waals surface area contributed by atoms with Gasteiger partial charge in [-0.2, -0.15) is 4.31 Å². The van der Waals surface area contributed by atoms with E-state index in [1.165, 1.54) is 23.5 Å². The number of rotatable bonds is 8. The summed E-state index contributed by atoms with van der Waals surface area (Å²) in [4.78, 5) is 25.1. The normalized spacial score (nSPS) is 14.8. The summed E-state index contributed by atoms with van der Waals surface area (Å²) in [6.45, 7) is 0.842. The standard InChI is InChI=1S/C21H25N3O6S/c1-29-17-6-8-19(9-7-17)31(27,28)24-12-10-23(11-13-24)21(26)15-30-18-4-2-16(3-5-18)14-20(22)25/h2-9H,10-15H2,1H3,(H2,22,25). The van der Waals surface area contributed by atoms with Crippen LogP contribution in [-0.2, 0) is 26.0 Å². The Hall–Kier alpha value is -3.11. The van der Waals surface area contributed by atoms with Crippen molar-refractivity contribution in [1.82, 2.24) is 9.21 Å². The van der Waals surface area contributed by atoms with E-state index in [-0.39, 0.29) is 50.0 Å². The summed E-state index contributed by atoms with van der Waals surface area (Å²) in [5.74, 6) is 0.443. The van der Waals surface area contributed by atoms with Gasteiger partial charge in [0.05, 0.1) is 18.4 Å². The zero-order valence-electron chi connectivity index (χ0n) is 17.2. The predicted octanol–water partition coefficient (Wildman–Crippen LogP) is 0.635. The minimum absolute atomic E-state index is 0.142. The van der Waals surface area contributed by atoms with E-state index in [1.807, 2.05) is 0 Å².